The standard InChI is InChI=1S/C19H17N3O3/c1-25-17-7-2-4-14(12-17)8-9-18(23)21-15-5-3-6-16(13-15)22-19(24)10-11-20/h2-9,12-13H,10H2,1H3,(H,21,23)(H,22,24)/b9-8+. The number of hydrogen-bond donors (Lipinski definition) is 2. The molecule has 0 aliphatic carbocycles. The summed E-state index contributed by atoms with van der Waals surface area (Å²) in [4.78, 5) is 23.4. The lowest BCUT2D eigenvalue weighted by Crippen LogP contribution is -2.11. The van der Waals surface area contributed by atoms with Gasteiger partial charge in [-0.2, -0.15) is 5.26 Å². The summed E-state index contributed by atoms with van der Waals surface area (Å²) in [6.07, 6.45) is 2.87. The minimum absolute atomic E-state index is 0.222. The second-order valence-corrected chi connectivity index (χ2v) is 5.06. The summed E-state index contributed by atoms with van der Waals surface area (Å²) in [6.45, 7) is 0. The molecular weight excluding hydrogens is 318 g/mol. The molecule has 0 spiro atoms. The summed E-state index contributed by atoms with van der Waals surface area (Å²) >= 11 is 0. The van der Waals surface area contributed by atoms with Crippen LogP contribution in [-0.2, 0) is 9.59 Å². The van der Waals surface area contributed by atoms with Crippen LogP contribution in [-0.4, -0.2) is 18.9 Å². The second kappa shape index (κ2) is 8.89. The minimum Gasteiger partial charge on any atom is -0.497 e. The van der Waals surface area contributed by atoms with Crippen LogP contribution in [0.5, 0.6) is 5.75 Å². The number of nitriles is 1. The maximum absolute atomic E-state index is 12.0. The third kappa shape index (κ3) is 5.84. The third-order valence-electron chi connectivity index (χ3n) is 3.17. The quantitative estimate of drug-likeness (QED) is 0.793. The van der Waals surface area contributed by atoms with Crippen molar-refractivity contribution in [3.8, 4) is 11.8 Å². The average molecular weight is 335 g/mol. The monoisotopic (exact) mass is 335 g/mol. The zero-order valence-electron chi connectivity index (χ0n) is 13.7. The van der Waals surface area contributed by atoms with Gasteiger partial charge < -0.3 is 15.4 Å². The van der Waals surface area contributed by atoms with Crippen LogP contribution in [0.15, 0.2) is 54.6 Å². The van der Waals surface area contributed by atoms with Gasteiger partial charge in [-0.3, -0.25) is 9.59 Å². The second-order valence-electron chi connectivity index (χ2n) is 5.06. The third-order valence-corrected chi connectivity index (χ3v) is 3.17. The Kier molecular flexibility index (Phi) is 6.32. The molecule has 0 heterocycles. The fourth-order valence-corrected chi connectivity index (χ4v) is 2.05. The van der Waals surface area contributed by atoms with Gasteiger partial charge in [0, 0.05) is 17.5 Å². The van der Waals surface area contributed by atoms with Crippen molar-refractivity contribution in [2.24, 2.45) is 0 Å². The van der Waals surface area contributed by atoms with E-state index in [1.165, 1.54) is 6.08 Å². The highest BCUT2D eigenvalue weighted by molar-refractivity contribution is 6.02. The van der Waals surface area contributed by atoms with Crippen molar-refractivity contribution < 1.29 is 14.3 Å². The van der Waals surface area contributed by atoms with Gasteiger partial charge in [0.2, 0.25) is 11.8 Å². The van der Waals surface area contributed by atoms with Crippen LogP contribution in [0.2, 0.25) is 0 Å². The number of rotatable bonds is 6. The van der Waals surface area contributed by atoms with Crippen LogP contribution in [0.4, 0.5) is 11.4 Å². The molecule has 0 unspecified atom stereocenters. The van der Waals surface area contributed by atoms with Crippen molar-refractivity contribution in [1.82, 2.24) is 0 Å². The van der Waals surface area contributed by atoms with E-state index in [2.05, 4.69) is 10.6 Å². The minimum atomic E-state index is -0.399. The van der Waals surface area contributed by atoms with Crippen molar-refractivity contribution in [3.63, 3.8) is 0 Å². The van der Waals surface area contributed by atoms with Gasteiger partial charge in [0.05, 0.1) is 13.2 Å². The van der Waals surface area contributed by atoms with Gasteiger partial charge in [-0.1, -0.05) is 18.2 Å². The molecule has 0 fully saturated rings. The van der Waals surface area contributed by atoms with Gasteiger partial charge in [0.1, 0.15) is 12.2 Å². The molecule has 0 aliphatic rings. The van der Waals surface area contributed by atoms with Gasteiger partial charge in [-0.15, -0.1) is 0 Å². The normalized spacial score (nSPS) is 10.1. The summed E-state index contributed by atoms with van der Waals surface area (Å²) in [7, 11) is 1.58. The van der Waals surface area contributed by atoms with E-state index in [4.69, 9.17) is 10.00 Å². The molecule has 2 rings (SSSR count). The number of carbonyl (C=O) groups excluding carboxylic acids is 2. The molecule has 2 aromatic carbocycles. The number of hydrogen-bond acceptors (Lipinski definition) is 4. The van der Waals surface area contributed by atoms with Crippen LogP contribution in [0, 0.1) is 11.3 Å². The maximum Gasteiger partial charge on any atom is 0.248 e. The first-order valence-electron chi connectivity index (χ1n) is 7.50. The van der Waals surface area contributed by atoms with E-state index in [-0.39, 0.29) is 12.3 Å². The molecule has 0 saturated heterocycles. The number of nitrogens with one attached hydrogen (secondary N) is 2. The van der Waals surface area contributed by atoms with E-state index in [1.54, 1.807) is 43.5 Å². The molecule has 0 atom stereocenters. The molecule has 6 heteroatoms. The molecule has 2 N–H and O–H groups in total. The van der Waals surface area contributed by atoms with Gasteiger partial charge in [0.15, 0.2) is 0 Å². The van der Waals surface area contributed by atoms with Crippen LogP contribution in [0.3, 0.4) is 0 Å². The fourth-order valence-electron chi connectivity index (χ4n) is 2.05. The van der Waals surface area contributed by atoms with Gasteiger partial charge in [-0.25, -0.2) is 0 Å². The average Bonchev–Trinajstić information content (AvgIpc) is 2.60. The molecule has 25 heavy (non-hydrogen) atoms. The van der Waals surface area contributed by atoms with Crippen LogP contribution < -0.4 is 15.4 Å². The Morgan fingerprint density at radius 3 is 2.56 bits per heavy atom. The summed E-state index contributed by atoms with van der Waals surface area (Å²) in [5.74, 6) is 0.00980. The number of carbonyl (C=O) groups is 2. The van der Waals surface area contributed by atoms with Crippen molar-refractivity contribution in [1.29, 1.82) is 5.26 Å². The van der Waals surface area contributed by atoms with Crippen LogP contribution in [0.25, 0.3) is 6.08 Å². The lowest BCUT2D eigenvalue weighted by molar-refractivity contribution is -0.115. The predicted octanol–water partition coefficient (Wildman–Crippen LogP) is 3.20. The Balaban J connectivity index is 1.99. The Labute approximate surface area is 145 Å². The topological polar surface area (TPSA) is 91.2 Å². The summed E-state index contributed by atoms with van der Waals surface area (Å²) < 4.78 is 5.13. The summed E-state index contributed by atoms with van der Waals surface area (Å²) in [6, 6.07) is 15.8. The van der Waals surface area contributed by atoms with Crippen molar-refractivity contribution in [3.05, 3.63) is 60.2 Å². The molecule has 0 bridgehead atoms. The number of amides is 2. The largest absolute Gasteiger partial charge is 0.497 e. The highest BCUT2D eigenvalue weighted by Crippen LogP contribution is 2.16. The number of benzene rings is 2. The fraction of sp³-hybridized carbons (Fsp3) is 0.105. The van der Waals surface area contributed by atoms with Crippen LogP contribution >= 0.6 is 0 Å². The van der Waals surface area contributed by atoms with Crippen LogP contribution in [0.1, 0.15) is 12.0 Å². The van der Waals surface area contributed by atoms with E-state index in [1.807, 2.05) is 24.3 Å². The van der Waals surface area contributed by atoms with Gasteiger partial charge in [0.25, 0.3) is 0 Å². The molecule has 0 aromatic heterocycles. The first kappa shape index (κ1) is 17.8. The Hall–Kier alpha value is -3.59. The highest BCUT2D eigenvalue weighted by atomic mass is 16.5. The zero-order valence-corrected chi connectivity index (χ0v) is 13.7. The number of methoxy groups -OCH3 is 1. The number of ether oxygens (including phenoxy) is 1. The first-order chi connectivity index (χ1) is 12.1. The number of anilines is 2. The highest BCUT2D eigenvalue weighted by Gasteiger charge is 2.03. The molecule has 6 nitrogen and oxygen atoms in total. The first-order valence-corrected chi connectivity index (χ1v) is 7.50. The summed E-state index contributed by atoms with van der Waals surface area (Å²) in [5, 5.41) is 13.8. The van der Waals surface area contributed by atoms with E-state index in [0.717, 1.165) is 5.56 Å². The lowest BCUT2D eigenvalue weighted by Gasteiger charge is -2.06. The van der Waals surface area contributed by atoms with Gasteiger partial charge >= 0.3 is 0 Å². The van der Waals surface area contributed by atoms with Crippen molar-refractivity contribution in [2.75, 3.05) is 17.7 Å². The number of nitrogens with zero attached hydrogens (tertiary/aromatic N) is 1. The van der Waals surface area contributed by atoms with E-state index >= 15 is 0 Å². The molecule has 0 saturated carbocycles. The smallest absolute Gasteiger partial charge is 0.248 e. The van der Waals surface area contributed by atoms with E-state index < -0.39 is 5.91 Å². The molecule has 2 amide bonds. The predicted molar refractivity (Wildman–Crippen MR) is 96.0 cm³/mol. The van der Waals surface area contributed by atoms with Crippen molar-refractivity contribution in [2.45, 2.75) is 6.42 Å². The van der Waals surface area contributed by atoms with E-state index in [0.29, 0.717) is 17.1 Å². The molecular formula is C19H17N3O3. The molecule has 126 valence electrons. The Morgan fingerprint density at radius 1 is 1.12 bits per heavy atom. The zero-order chi connectivity index (χ0) is 18.1. The molecule has 0 radical (unpaired) electrons. The maximum atomic E-state index is 12.0. The van der Waals surface area contributed by atoms with Gasteiger partial charge in [-0.05, 0) is 42.0 Å². The Bertz CT molecular complexity index is 838. The summed E-state index contributed by atoms with van der Waals surface area (Å²) in [5.41, 5.74) is 1.89. The van der Waals surface area contributed by atoms with E-state index in [9.17, 15) is 9.59 Å². The van der Waals surface area contributed by atoms with Crippen molar-refractivity contribution >= 4 is 29.3 Å². The Morgan fingerprint density at radius 2 is 1.84 bits per heavy atom. The lowest BCUT2D eigenvalue weighted by atomic mass is 10.2. The molecule has 2 aromatic rings. The molecule has 0 aliphatic heterocycles. The SMILES string of the molecule is COc1cccc(/C=C/C(=O)Nc2cccc(NC(=O)CC#N)c2)c1.